The van der Waals surface area contributed by atoms with E-state index in [2.05, 4.69) is 0 Å². The second-order valence-electron chi connectivity index (χ2n) is 5.78. The molecule has 0 amide bonds. The highest BCUT2D eigenvalue weighted by Gasteiger charge is 2.52. The molecule has 0 aromatic heterocycles. The second-order valence-corrected chi connectivity index (χ2v) is 5.78. The number of nitrogens with two attached hydrogens (primary N) is 1. The smallest absolute Gasteiger partial charge is 0.399 e. The number of rotatable bonds is 2. The first-order valence-corrected chi connectivity index (χ1v) is 6.14. The normalized spacial score (nSPS) is 20.1. The minimum atomic E-state index is -1.00. The molecule has 108 valence electrons. The van der Waals surface area contributed by atoms with Crippen molar-refractivity contribution in [1.82, 2.24) is 0 Å². The Morgan fingerprint density at radius 1 is 1.25 bits per heavy atom. The van der Waals surface area contributed by atoms with E-state index >= 15 is 0 Å². The summed E-state index contributed by atoms with van der Waals surface area (Å²) in [4.78, 5) is 10.2. The van der Waals surface area contributed by atoms with Gasteiger partial charge in [-0.05, 0) is 27.7 Å². The average Bonchev–Trinajstić information content (AvgIpc) is 2.47. The number of nitrogen functional groups attached to an aromatic ring is 1. The average molecular weight is 282 g/mol. The van der Waals surface area contributed by atoms with Crippen LogP contribution in [-0.2, 0) is 9.31 Å². The van der Waals surface area contributed by atoms with Crippen LogP contribution in [0.15, 0.2) is 12.1 Å². The van der Waals surface area contributed by atoms with Gasteiger partial charge in [-0.25, -0.2) is 4.39 Å². The van der Waals surface area contributed by atoms with Gasteiger partial charge in [-0.1, -0.05) is 0 Å². The molecule has 1 aliphatic heterocycles. The summed E-state index contributed by atoms with van der Waals surface area (Å²) in [6.07, 6.45) is 0. The van der Waals surface area contributed by atoms with Gasteiger partial charge in [0.05, 0.1) is 16.1 Å². The summed E-state index contributed by atoms with van der Waals surface area (Å²) in [5, 5.41) is 10.9. The van der Waals surface area contributed by atoms with E-state index in [1.807, 2.05) is 27.7 Å². The summed E-state index contributed by atoms with van der Waals surface area (Å²) >= 11 is 0. The molecule has 8 heteroatoms. The minimum Gasteiger partial charge on any atom is -0.399 e. The van der Waals surface area contributed by atoms with Gasteiger partial charge >= 0.3 is 7.12 Å². The quantitative estimate of drug-likeness (QED) is 0.385. The SMILES string of the molecule is CC1(C)OB(c2cc([N+](=O)[O-])c(N)cc2F)OC1(C)C. The standard InChI is InChI=1S/C12H16BFN2O4/c1-11(2)12(3,4)20-13(19-11)7-5-10(16(17)18)9(15)6-8(7)14/h5-6H,15H2,1-4H3. The zero-order valence-corrected chi connectivity index (χ0v) is 11.8. The monoisotopic (exact) mass is 282 g/mol. The molecule has 20 heavy (non-hydrogen) atoms. The fourth-order valence-corrected chi connectivity index (χ4v) is 1.90. The third-order valence-electron chi connectivity index (χ3n) is 3.85. The summed E-state index contributed by atoms with van der Waals surface area (Å²) in [5.74, 6) is -0.688. The Kier molecular flexibility index (Phi) is 3.26. The lowest BCUT2D eigenvalue weighted by molar-refractivity contribution is -0.383. The lowest BCUT2D eigenvalue weighted by atomic mass is 9.78. The van der Waals surface area contributed by atoms with Gasteiger partial charge in [0.25, 0.3) is 5.69 Å². The molecular formula is C12H16BFN2O4. The van der Waals surface area contributed by atoms with Crippen LogP contribution in [0, 0.1) is 15.9 Å². The van der Waals surface area contributed by atoms with E-state index in [1.165, 1.54) is 0 Å². The molecule has 0 bridgehead atoms. The molecule has 1 aromatic rings. The Balaban J connectivity index is 2.45. The van der Waals surface area contributed by atoms with E-state index in [0.717, 1.165) is 12.1 Å². The van der Waals surface area contributed by atoms with Gasteiger partial charge < -0.3 is 15.0 Å². The van der Waals surface area contributed by atoms with Gasteiger partial charge in [0.15, 0.2) is 0 Å². The van der Waals surface area contributed by atoms with Crippen molar-refractivity contribution in [1.29, 1.82) is 0 Å². The molecule has 1 saturated heterocycles. The van der Waals surface area contributed by atoms with Crippen LogP contribution in [0.4, 0.5) is 15.8 Å². The Morgan fingerprint density at radius 2 is 1.75 bits per heavy atom. The maximum Gasteiger partial charge on any atom is 0.498 e. The predicted octanol–water partition coefficient (Wildman–Crippen LogP) is 1.62. The minimum absolute atomic E-state index is 0.0236. The van der Waals surface area contributed by atoms with E-state index in [4.69, 9.17) is 15.0 Å². The van der Waals surface area contributed by atoms with Gasteiger partial charge in [0, 0.05) is 17.6 Å². The van der Waals surface area contributed by atoms with Crippen LogP contribution in [-0.4, -0.2) is 23.2 Å². The zero-order valence-electron chi connectivity index (χ0n) is 11.8. The van der Waals surface area contributed by atoms with Gasteiger partial charge in [-0.15, -0.1) is 0 Å². The van der Waals surface area contributed by atoms with Gasteiger partial charge in [-0.3, -0.25) is 10.1 Å². The first-order chi connectivity index (χ1) is 9.05. The Morgan fingerprint density at radius 3 is 2.20 bits per heavy atom. The zero-order chi connectivity index (χ0) is 15.3. The molecule has 0 atom stereocenters. The highest BCUT2D eigenvalue weighted by Crippen LogP contribution is 2.37. The van der Waals surface area contributed by atoms with Crippen molar-refractivity contribution in [3.05, 3.63) is 28.1 Å². The molecule has 0 radical (unpaired) electrons. The molecule has 0 spiro atoms. The molecule has 6 nitrogen and oxygen atoms in total. The van der Waals surface area contributed by atoms with Crippen molar-refractivity contribution in [2.24, 2.45) is 0 Å². The van der Waals surface area contributed by atoms with Gasteiger partial charge in [0.2, 0.25) is 0 Å². The molecule has 1 heterocycles. The molecule has 0 saturated carbocycles. The highest BCUT2D eigenvalue weighted by molar-refractivity contribution is 6.62. The molecule has 1 fully saturated rings. The van der Waals surface area contributed by atoms with Crippen molar-refractivity contribution >= 4 is 24.0 Å². The summed E-state index contributed by atoms with van der Waals surface area (Å²) < 4.78 is 25.3. The van der Waals surface area contributed by atoms with Crippen LogP contribution < -0.4 is 11.2 Å². The van der Waals surface area contributed by atoms with Crippen LogP contribution >= 0.6 is 0 Å². The third kappa shape index (κ3) is 2.25. The molecule has 1 aromatic carbocycles. The van der Waals surface area contributed by atoms with Crippen LogP contribution in [0.25, 0.3) is 0 Å². The number of halogens is 1. The molecule has 2 N–H and O–H groups in total. The maximum atomic E-state index is 14.0. The lowest BCUT2D eigenvalue weighted by Crippen LogP contribution is -2.41. The van der Waals surface area contributed by atoms with Crippen molar-refractivity contribution in [3.8, 4) is 0 Å². The number of nitro groups is 1. The largest absolute Gasteiger partial charge is 0.498 e. The number of nitro benzene ring substituents is 1. The number of hydrogen-bond acceptors (Lipinski definition) is 5. The lowest BCUT2D eigenvalue weighted by Gasteiger charge is -2.32. The molecular weight excluding hydrogens is 266 g/mol. The van der Waals surface area contributed by atoms with E-state index in [9.17, 15) is 14.5 Å². The summed E-state index contributed by atoms with van der Waals surface area (Å²) in [7, 11) is -1.00. The fraction of sp³-hybridized carbons (Fsp3) is 0.500. The first kappa shape index (κ1) is 14.7. The van der Waals surface area contributed by atoms with Crippen LogP contribution in [0.3, 0.4) is 0 Å². The van der Waals surface area contributed by atoms with Crippen molar-refractivity contribution in [3.63, 3.8) is 0 Å². The van der Waals surface area contributed by atoms with Crippen LogP contribution in [0.5, 0.6) is 0 Å². The van der Waals surface area contributed by atoms with Crippen LogP contribution in [0.2, 0.25) is 0 Å². The summed E-state index contributed by atoms with van der Waals surface area (Å²) in [6, 6.07) is 1.98. The molecule has 2 rings (SSSR count). The van der Waals surface area contributed by atoms with E-state index in [1.54, 1.807) is 0 Å². The highest BCUT2D eigenvalue weighted by atomic mass is 19.1. The van der Waals surface area contributed by atoms with Gasteiger partial charge in [0.1, 0.15) is 11.5 Å². The predicted molar refractivity (Wildman–Crippen MR) is 73.2 cm³/mol. The maximum absolute atomic E-state index is 14.0. The molecule has 0 aliphatic carbocycles. The Hall–Kier alpha value is -1.67. The second kappa shape index (κ2) is 4.42. The van der Waals surface area contributed by atoms with E-state index in [-0.39, 0.29) is 16.8 Å². The first-order valence-electron chi connectivity index (χ1n) is 6.14. The summed E-state index contributed by atoms with van der Waals surface area (Å²) in [6.45, 7) is 7.26. The third-order valence-corrected chi connectivity index (χ3v) is 3.85. The van der Waals surface area contributed by atoms with Gasteiger partial charge in [-0.2, -0.15) is 0 Å². The number of benzene rings is 1. The topological polar surface area (TPSA) is 87.6 Å². The van der Waals surface area contributed by atoms with E-state index < -0.39 is 29.1 Å². The fourth-order valence-electron chi connectivity index (χ4n) is 1.90. The Bertz CT molecular complexity index is 561. The van der Waals surface area contributed by atoms with Crippen molar-refractivity contribution in [2.75, 3.05) is 5.73 Å². The van der Waals surface area contributed by atoms with E-state index in [0.29, 0.717) is 0 Å². The number of anilines is 1. The van der Waals surface area contributed by atoms with Crippen molar-refractivity contribution < 1.29 is 18.6 Å². The molecule has 1 aliphatic rings. The summed E-state index contributed by atoms with van der Waals surface area (Å²) in [5.41, 5.74) is 3.51. The number of hydrogen-bond donors (Lipinski definition) is 1. The number of nitrogens with zero attached hydrogens (tertiary/aromatic N) is 1. The Labute approximate surface area is 116 Å². The molecule has 0 unspecified atom stereocenters. The van der Waals surface area contributed by atoms with Crippen LogP contribution in [0.1, 0.15) is 27.7 Å². The van der Waals surface area contributed by atoms with Crippen molar-refractivity contribution in [2.45, 2.75) is 38.9 Å².